The molecule has 0 atom stereocenters. The van der Waals surface area contributed by atoms with E-state index in [2.05, 4.69) is 9.98 Å². The second-order valence-electron chi connectivity index (χ2n) is 2.16. The topological polar surface area (TPSA) is 34.5 Å². The highest BCUT2D eigenvalue weighted by Crippen LogP contribution is 2.12. The Bertz CT molecular complexity index is 282. The summed E-state index contributed by atoms with van der Waals surface area (Å²) >= 11 is 5.59. The molecule has 0 saturated carbocycles. The quantitative estimate of drug-likeness (QED) is 0.381. The first-order valence-electron chi connectivity index (χ1n) is 3.45. The summed E-state index contributed by atoms with van der Waals surface area (Å²) in [4.78, 5) is 7.69. The maximum Gasteiger partial charge on any atom is 0.186 e. The van der Waals surface area contributed by atoms with Gasteiger partial charge in [0.15, 0.2) is 5.90 Å². The van der Waals surface area contributed by atoms with Gasteiger partial charge in [-0.05, 0) is 12.1 Å². The number of hydrogen-bond donors (Lipinski definition) is 0. The van der Waals surface area contributed by atoms with E-state index in [4.69, 9.17) is 16.3 Å². The fourth-order valence-electron chi connectivity index (χ4n) is 0.639. The lowest BCUT2D eigenvalue weighted by molar-refractivity contribution is 0.542. The number of nitrogens with zero attached hydrogens (tertiary/aromatic N) is 2. The first-order chi connectivity index (χ1) is 5.72. The van der Waals surface area contributed by atoms with Crippen molar-refractivity contribution in [2.75, 3.05) is 7.05 Å². The molecule has 0 saturated heterocycles. The maximum atomic E-state index is 5.59. The van der Waals surface area contributed by atoms with Crippen LogP contribution in [0.1, 0.15) is 6.92 Å². The first kappa shape index (κ1) is 9.00. The molecule has 0 aliphatic heterocycles. The summed E-state index contributed by atoms with van der Waals surface area (Å²) in [7, 11) is 1.67. The lowest BCUT2D eigenvalue weighted by atomic mass is 10.5. The molecule has 12 heavy (non-hydrogen) atoms. The van der Waals surface area contributed by atoms with Crippen molar-refractivity contribution in [1.82, 2.24) is 4.98 Å². The van der Waals surface area contributed by atoms with Gasteiger partial charge in [-0.1, -0.05) is 11.6 Å². The van der Waals surface area contributed by atoms with Gasteiger partial charge in [0.2, 0.25) is 0 Å². The van der Waals surface area contributed by atoms with Crippen LogP contribution in [0.3, 0.4) is 0 Å². The summed E-state index contributed by atoms with van der Waals surface area (Å²) in [5.74, 6) is 1.24. The van der Waals surface area contributed by atoms with E-state index in [1.807, 2.05) is 0 Å². The molecule has 1 rings (SSSR count). The van der Waals surface area contributed by atoms with E-state index in [9.17, 15) is 0 Å². The molecule has 0 N–H and O–H groups in total. The van der Waals surface area contributed by atoms with E-state index in [1.165, 1.54) is 0 Å². The minimum atomic E-state index is 0.452. The Labute approximate surface area is 76.1 Å². The number of rotatable bonds is 1. The molecule has 0 bridgehead atoms. The lowest BCUT2D eigenvalue weighted by Gasteiger charge is -2.02. The third kappa shape index (κ3) is 2.51. The lowest BCUT2D eigenvalue weighted by Crippen LogP contribution is -2.02. The third-order valence-corrected chi connectivity index (χ3v) is 1.50. The van der Waals surface area contributed by atoms with Crippen LogP contribution in [0.5, 0.6) is 5.75 Å². The SMILES string of the molecule is C/N=C(/C)Oc1ccc(Cl)nc1. The molecule has 0 unspecified atom stereocenters. The van der Waals surface area contributed by atoms with Gasteiger partial charge < -0.3 is 4.74 Å². The molecular formula is C8H9ClN2O. The molecule has 0 radical (unpaired) electrons. The summed E-state index contributed by atoms with van der Waals surface area (Å²) in [6, 6.07) is 3.41. The molecule has 0 aliphatic carbocycles. The fourth-order valence-corrected chi connectivity index (χ4v) is 0.751. The van der Waals surface area contributed by atoms with Crippen molar-refractivity contribution in [3.05, 3.63) is 23.5 Å². The monoisotopic (exact) mass is 184 g/mol. The number of aromatic nitrogens is 1. The van der Waals surface area contributed by atoms with Crippen LogP contribution < -0.4 is 4.74 Å². The van der Waals surface area contributed by atoms with E-state index < -0.39 is 0 Å². The zero-order valence-corrected chi connectivity index (χ0v) is 7.67. The zero-order valence-electron chi connectivity index (χ0n) is 6.91. The van der Waals surface area contributed by atoms with Gasteiger partial charge in [0.25, 0.3) is 0 Å². The highest BCUT2D eigenvalue weighted by Gasteiger charge is 1.95. The van der Waals surface area contributed by atoms with Crippen LogP contribution in [-0.4, -0.2) is 17.9 Å². The Kier molecular flexibility index (Phi) is 3.05. The molecule has 0 spiro atoms. The second-order valence-corrected chi connectivity index (χ2v) is 2.55. The van der Waals surface area contributed by atoms with Crippen LogP contribution in [0.25, 0.3) is 0 Å². The Balaban J connectivity index is 2.71. The molecule has 1 aromatic heterocycles. The van der Waals surface area contributed by atoms with E-state index in [1.54, 1.807) is 32.3 Å². The summed E-state index contributed by atoms with van der Waals surface area (Å²) in [6.45, 7) is 1.77. The molecular weight excluding hydrogens is 176 g/mol. The van der Waals surface area contributed by atoms with Crippen molar-refractivity contribution in [2.45, 2.75) is 6.92 Å². The number of ether oxygens (including phenoxy) is 1. The number of hydrogen-bond acceptors (Lipinski definition) is 3. The number of pyridine rings is 1. The highest BCUT2D eigenvalue weighted by atomic mass is 35.5. The van der Waals surface area contributed by atoms with E-state index in [0.29, 0.717) is 16.8 Å². The molecule has 1 heterocycles. The van der Waals surface area contributed by atoms with Gasteiger partial charge in [0.05, 0.1) is 6.20 Å². The van der Waals surface area contributed by atoms with Gasteiger partial charge in [-0.3, -0.25) is 4.99 Å². The average molecular weight is 185 g/mol. The van der Waals surface area contributed by atoms with Crippen molar-refractivity contribution >= 4 is 17.5 Å². The summed E-state index contributed by atoms with van der Waals surface area (Å²) in [6.07, 6.45) is 1.55. The first-order valence-corrected chi connectivity index (χ1v) is 3.83. The minimum absolute atomic E-state index is 0.452. The number of aliphatic imine (C=N–C) groups is 1. The smallest absolute Gasteiger partial charge is 0.186 e. The Hall–Kier alpha value is -1.09. The summed E-state index contributed by atoms with van der Waals surface area (Å²) in [5.41, 5.74) is 0. The van der Waals surface area contributed by atoms with Gasteiger partial charge in [0, 0.05) is 14.0 Å². The van der Waals surface area contributed by atoms with Crippen LogP contribution in [0, 0.1) is 0 Å². The molecule has 1 aromatic rings. The van der Waals surface area contributed by atoms with Crippen molar-refractivity contribution in [3.8, 4) is 5.75 Å². The molecule has 0 aromatic carbocycles. The van der Waals surface area contributed by atoms with E-state index in [0.717, 1.165) is 0 Å². The zero-order chi connectivity index (χ0) is 8.97. The molecule has 64 valence electrons. The Morgan fingerprint density at radius 1 is 1.58 bits per heavy atom. The van der Waals surface area contributed by atoms with E-state index in [-0.39, 0.29) is 0 Å². The normalized spacial score (nSPS) is 11.4. The summed E-state index contributed by atoms with van der Waals surface area (Å²) < 4.78 is 5.25. The average Bonchev–Trinajstić information content (AvgIpc) is 2.09. The molecule has 3 nitrogen and oxygen atoms in total. The predicted molar refractivity (Wildman–Crippen MR) is 48.9 cm³/mol. The van der Waals surface area contributed by atoms with Gasteiger partial charge in [-0.25, -0.2) is 4.98 Å². The molecule has 4 heteroatoms. The molecule has 0 amide bonds. The number of halogens is 1. The van der Waals surface area contributed by atoms with Crippen molar-refractivity contribution < 1.29 is 4.74 Å². The van der Waals surface area contributed by atoms with Crippen LogP contribution in [0.15, 0.2) is 23.3 Å². The van der Waals surface area contributed by atoms with Gasteiger partial charge in [0.1, 0.15) is 10.9 Å². The maximum absolute atomic E-state index is 5.59. The van der Waals surface area contributed by atoms with Crippen molar-refractivity contribution in [3.63, 3.8) is 0 Å². The van der Waals surface area contributed by atoms with Gasteiger partial charge >= 0.3 is 0 Å². The van der Waals surface area contributed by atoms with Gasteiger partial charge in [-0.2, -0.15) is 0 Å². The summed E-state index contributed by atoms with van der Waals surface area (Å²) in [5, 5.41) is 0.452. The second kappa shape index (κ2) is 4.07. The minimum Gasteiger partial charge on any atom is -0.442 e. The van der Waals surface area contributed by atoms with Crippen molar-refractivity contribution in [2.24, 2.45) is 4.99 Å². The van der Waals surface area contributed by atoms with E-state index >= 15 is 0 Å². The van der Waals surface area contributed by atoms with Crippen LogP contribution >= 0.6 is 11.6 Å². The predicted octanol–water partition coefficient (Wildman–Crippen LogP) is 2.16. The van der Waals surface area contributed by atoms with Crippen LogP contribution in [0.2, 0.25) is 5.15 Å². The largest absolute Gasteiger partial charge is 0.442 e. The molecule has 0 fully saturated rings. The fraction of sp³-hybridized carbons (Fsp3) is 0.250. The van der Waals surface area contributed by atoms with Crippen LogP contribution in [0.4, 0.5) is 0 Å². The standard InChI is InChI=1S/C8H9ClN2O/c1-6(10-2)12-7-3-4-8(9)11-5-7/h3-5H,1-2H3/b10-6-. The Morgan fingerprint density at radius 3 is 2.83 bits per heavy atom. The Morgan fingerprint density at radius 2 is 2.33 bits per heavy atom. The highest BCUT2D eigenvalue weighted by molar-refractivity contribution is 6.29. The van der Waals surface area contributed by atoms with Crippen LogP contribution in [-0.2, 0) is 0 Å². The third-order valence-electron chi connectivity index (χ3n) is 1.28. The molecule has 0 aliphatic rings. The van der Waals surface area contributed by atoms with Gasteiger partial charge in [-0.15, -0.1) is 0 Å². The van der Waals surface area contributed by atoms with Crippen molar-refractivity contribution in [1.29, 1.82) is 0 Å².